The topological polar surface area (TPSA) is 35.2 Å². The normalized spacial score (nSPS) is 26.3. The highest BCUT2D eigenvalue weighted by Crippen LogP contribution is 2.38. The highest BCUT2D eigenvalue weighted by Gasteiger charge is 2.36. The van der Waals surface area contributed by atoms with Crippen LogP contribution in [0.3, 0.4) is 0 Å². The molecule has 3 rings (SSSR count). The SMILES string of the molecule is CC1(C(N)c2cccc3ccsc23)CCCCO1. The summed E-state index contributed by atoms with van der Waals surface area (Å²) < 4.78 is 7.29. The molecule has 1 aliphatic rings. The lowest BCUT2D eigenvalue weighted by molar-refractivity contribution is -0.0817. The average Bonchev–Trinajstić information content (AvgIpc) is 2.87. The zero-order valence-corrected chi connectivity index (χ0v) is 11.5. The van der Waals surface area contributed by atoms with Crippen molar-refractivity contribution in [3.63, 3.8) is 0 Å². The van der Waals surface area contributed by atoms with Crippen LogP contribution in [0.15, 0.2) is 29.6 Å². The van der Waals surface area contributed by atoms with Crippen LogP contribution in [-0.2, 0) is 4.74 Å². The van der Waals surface area contributed by atoms with E-state index in [1.54, 1.807) is 11.3 Å². The number of rotatable bonds is 2. The summed E-state index contributed by atoms with van der Waals surface area (Å²) >= 11 is 1.77. The van der Waals surface area contributed by atoms with Gasteiger partial charge in [0, 0.05) is 11.3 Å². The van der Waals surface area contributed by atoms with Crippen molar-refractivity contribution >= 4 is 21.4 Å². The second kappa shape index (κ2) is 4.65. The second-order valence-corrected chi connectivity index (χ2v) is 6.20. The Morgan fingerprint density at radius 2 is 2.22 bits per heavy atom. The Bertz CT molecular complexity index is 542. The number of ether oxygens (including phenoxy) is 1. The number of fused-ring (bicyclic) bond motifs is 1. The van der Waals surface area contributed by atoms with Crippen LogP contribution in [0.25, 0.3) is 10.1 Å². The number of thiophene rings is 1. The molecular formula is C15H19NOS. The first-order valence-corrected chi connectivity index (χ1v) is 7.44. The minimum Gasteiger partial charge on any atom is -0.373 e. The Hall–Kier alpha value is -0.900. The van der Waals surface area contributed by atoms with E-state index in [4.69, 9.17) is 10.5 Å². The summed E-state index contributed by atoms with van der Waals surface area (Å²) in [5, 5.41) is 3.41. The molecule has 1 aromatic heterocycles. The van der Waals surface area contributed by atoms with Crippen molar-refractivity contribution in [3.05, 3.63) is 35.2 Å². The Morgan fingerprint density at radius 3 is 3.00 bits per heavy atom. The largest absolute Gasteiger partial charge is 0.373 e. The van der Waals surface area contributed by atoms with Crippen molar-refractivity contribution in [2.45, 2.75) is 37.8 Å². The molecule has 1 fully saturated rings. The predicted octanol–water partition coefficient (Wildman–Crippen LogP) is 3.86. The maximum absolute atomic E-state index is 6.51. The Balaban J connectivity index is 2.00. The molecule has 2 unspecified atom stereocenters. The third-order valence-corrected chi connectivity index (χ3v) is 4.98. The fraction of sp³-hybridized carbons (Fsp3) is 0.467. The highest BCUT2D eigenvalue weighted by atomic mass is 32.1. The molecule has 1 aliphatic heterocycles. The first-order valence-electron chi connectivity index (χ1n) is 6.56. The maximum atomic E-state index is 6.51. The molecule has 0 bridgehead atoms. The van der Waals surface area contributed by atoms with E-state index in [0.29, 0.717) is 0 Å². The van der Waals surface area contributed by atoms with Gasteiger partial charge in [-0.3, -0.25) is 0 Å². The van der Waals surface area contributed by atoms with Gasteiger partial charge in [0.05, 0.1) is 11.6 Å². The number of hydrogen-bond donors (Lipinski definition) is 1. The third kappa shape index (κ3) is 1.96. The van der Waals surface area contributed by atoms with E-state index < -0.39 is 0 Å². The quantitative estimate of drug-likeness (QED) is 0.891. The van der Waals surface area contributed by atoms with E-state index >= 15 is 0 Å². The van der Waals surface area contributed by atoms with Crippen LogP contribution >= 0.6 is 11.3 Å². The highest BCUT2D eigenvalue weighted by molar-refractivity contribution is 7.17. The van der Waals surface area contributed by atoms with Crippen molar-refractivity contribution in [1.29, 1.82) is 0 Å². The van der Waals surface area contributed by atoms with Gasteiger partial charge < -0.3 is 10.5 Å². The van der Waals surface area contributed by atoms with Gasteiger partial charge in [-0.2, -0.15) is 0 Å². The van der Waals surface area contributed by atoms with Gasteiger partial charge in [-0.25, -0.2) is 0 Å². The standard InChI is InChI=1S/C15H19NOS/c1-15(8-2-3-9-17-15)14(16)12-6-4-5-11-7-10-18-13(11)12/h4-7,10,14H,2-3,8-9,16H2,1H3. The van der Waals surface area contributed by atoms with Crippen molar-refractivity contribution in [2.75, 3.05) is 6.61 Å². The van der Waals surface area contributed by atoms with Crippen LogP contribution in [0.1, 0.15) is 37.8 Å². The number of hydrogen-bond acceptors (Lipinski definition) is 3. The molecule has 3 heteroatoms. The molecular weight excluding hydrogens is 242 g/mol. The van der Waals surface area contributed by atoms with E-state index in [0.717, 1.165) is 19.4 Å². The van der Waals surface area contributed by atoms with E-state index in [9.17, 15) is 0 Å². The monoisotopic (exact) mass is 261 g/mol. The Kier molecular flexibility index (Phi) is 3.14. The van der Waals surface area contributed by atoms with Gasteiger partial charge >= 0.3 is 0 Å². The van der Waals surface area contributed by atoms with Crippen LogP contribution in [0.4, 0.5) is 0 Å². The zero-order chi connectivity index (χ0) is 12.6. The first-order chi connectivity index (χ1) is 8.71. The molecule has 1 saturated heterocycles. The Labute approximate surface area is 112 Å². The summed E-state index contributed by atoms with van der Waals surface area (Å²) in [5.74, 6) is 0. The summed E-state index contributed by atoms with van der Waals surface area (Å²) in [5.41, 5.74) is 7.53. The van der Waals surface area contributed by atoms with Gasteiger partial charge in [-0.05, 0) is 48.6 Å². The van der Waals surface area contributed by atoms with Crippen LogP contribution in [0.2, 0.25) is 0 Å². The number of nitrogens with two attached hydrogens (primary N) is 1. The Morgan fingerprint density at radius 1 is 1.33 bits per heavy atom. The second-order valence-electron chi connectivity index (χ2n) is 5.28. The molecule has 2 atom stereocenters. The molecule has 2 heterocycles. The first kappa shape index (κ1) is 12.2. The van der Waals surface area contributed by atoms with E-state index in [-0.39, 0.29) is 11.6 Å². The lowest BCUT2D eigenvalue weighted by atomic mass is 9.84. The van der Waals surface area contributed by atoms with Crippen molar-refractivity contribution < 1.29 is 4.74 Å². The molecule has 0 amide bonds. The van der Waals surface area contributed by atoms with E-state index in [1.165, 1.54) is 22.1 Å². The smallest absolute Gasteiger partial charge is 0.0846 e. The van der Waals surface area contributed by atoms with Crippen LogP contribution in [0.5, 0.6) is 0 Å². The molecule has 2 nitrogen and oxygen atoms in total. The van der Waals surface area contributed by atoms with Gasteiger partial charge in [-0.1, -0.05) is 18.2 Å². The van der Waals surface area contributed by atoms with E-state index in [2.05, 4.69) is 36.6 Å². The zero-order valence-electron chi connectivity index (χ0n) is 10.7. The molecule has 18 heavy (non-hydrogen) atoms. The van der Waals surface area contributed by atoms with E-state index in [1.807, 2.05) is 0 Å². The van der Waals surface area contributed by atoms with Gasteiger partial charge in [0.2, 0.25) is 0 Å². The molecule has 1 aromatic carbocycles. The minimum atomic E-state index is -0.212. The van der Waals surface area contributed by atoms with Gasteiger partial charge in [0.25, 0.3) is 0 Å². The lowest BCUT2D eigenvalue weighted by Crippen LogP contribution is -2.43. The summed E-state index contributed by atoms with van der Waals surface area (Å²) in [7, 11) is 0. The van der Waals surface area contributed by atoms with Crippen molar-refractivity contribution in [3.8, 4) is 0 Å². The van der Waals surface area contributed by atoms with Crippen LogP contribution in [-0.4, -0.2) is 12.2 Å². The molecule has 0 radical (unpaired) electrons. The fourth-order valence-electron chi connectivity index (χ4n) is 2.79. The van der Waals surface area contributed by atoms with Gasteiger partial charge in [0.15, 0.2) is 0 Å². The minimum absolute atomic E-state index is 0.0415. The average molecular weight is 261 g/mol. The van der Waals surface area contributed by atoms with Gasteiger partial charge in [-0.15, -0.1) is 11.3 Å². The summed E-state index contributed by atoms with van der Waals surface area (Å²) in [4.78, 5) is 0. The fourth-order valence-corrected chi connectivity index (χ4v) is 3.74. The summed E-state index contributed by atoms with van der Waals surface area (Å²) in [6.07, 6.45) is 3.42. The van der Waals surface area contributed by atoms with Crippen LogP contribution < -0.4 is 5.73 Å². The third-order valence-electron chi connectivity index (χ3n) is 4.00. The number of benzene rings is 1. The summed E-state index contributed by atoms with van der Waals surface area (Å²) in [6.45, 7) is 2.99. The lowest BCUT2D eigenvalue weighted by Gasteiger charge is -2.39. The summed E-state index contributed by atoms with van der Waals surface area (Å²) in [6, 6.07) is 8.50. The molecule has 0 spiro atoms. The molecule has 0 aliphatic carbocycles. The van der Waals surface area contributed by atoms with Gasteiger partial charge in [0.1, 0.15) is 0 Å². The molecule has 0 saturated carbocycles. The maximum Gasteiger partial charge on any atom is 0.0846 e. The molecule has 2 aromatic rings. The molecule has 96 valence electrons. The van der Waals surface area contributed by atoms with Crippen molar-refractivity contribution in [2.24, 2.45) is 5.73 Å². The van der Waals surface area contributed by atoms with Crippen molar-refractivity contribution in [1.82, 2.24) is 0 Å². The van der Waals surface area contributed by atoms with Crippen LogP contribution in [0, 0.1) is 0 Å². The molecule has 2 N–H and O–H groups in total. The predicted molar refractivity (Wildman–Crippen MR) is 77.0 cm³/mol.